The van der Waals surface area contributed by atoms with Crippen molar-refractivity contribution in [3.63, 3.8) is 0 Å². The number of nitrogens with zero attached hydrogens (tertiary/aromatic N) is 3. The molecular weight excluding hydrogens is 476 g/mol. The van der Waals surface area contributed by atoms with Gasteiger partial charge in [0.15, 0.2) is 0 Å². The number of hydrazone groups is 1. The molecule has 3 aromatic carbocycles. The third kappa shape index (κ3) is 6.23. The lowest BCUT2D eigenvalue weighted by atomic mass is 10.1. The molecule has 0 aromatic heterocycles. The Morgan fingerprint density at radius 3 is 2.62 bits per heavy atom. The van der Waals surface area contributed by atoms with Crippen LogP contribution in [0.25, 0.3) is 0 Å². The van der Waals surface area contributed by atoms with Crippen molar-refractivity contribution in [1.82, 2.24) is 5.43 Å². The average molecular weight is 493 g/mol. The summed E-state index contributed by atoms with van der Waals surface area (Å²) < 4.78 is 6.50. The molecule has 1 amide bonds. The number of non-ortho nitro benzene ring substituents is 1. The SMILES string of the molecule is N#Cc1ccccc1COc1ccc(/C=N\NC(=O)Cc2ccc([N+](=O)[O-])cc2)cc1Br. The van der Waals surface area contributed by atoms with Gasteiger partial charge in [-0.3, -0.25) is 14.9 Å². The van der Waals surface area contributed by atoms with E-state index in [0.717, 1.165) is 11.1 Å². The molecule has 32 heavy (non-hydrogen) atoms. The lowest BCUT2D eigenvalue weighted by Crippen LogP contribution is -2.19. The van der Waals surface area contributed by atoms with Gasteiger partial charge in [-0.2, -0.15) is 10.4 Å². The van der Waals surface area contributed by atoms with Gasteiger partial charge in [-0.15, -0.1) is 0 Å². The van der Waals surface area contributed by atoms with E-state index in [2.05, 4.69) is 32.5 Å². The minimum absolute atomic E-state index is 0.0283. The fourth-order valence-corrected chi connectivity index (χ4v) is 3.28. The van der Waals surface area contributed by atoms with Crippen molar-refractivity contribution in [2.45, 2.75) is 13.0 Å². The summed E-state index contributed by atoms with van der Waals surface area (Å²) in [4.78, 5) is 22.2. The summed E-state index contributed by atoms with van der Waals surface area (Å²) >= 11 is 3.45. The maximum atomic E-state index is 12.0. The molecule has 0 atom stereocenters. The second-order valence-corrected chi connectivity index (χ2v) is 7.50. The van der Waals surface area contributed by atoms with Gasteiger partial charge < -0.3 is 4.74 Å². The molecule has 0 bridgehead atoms. The molecule has 3 rings (SSSR count). The summed E-state index contributed by atoms with van der Waals surface area (Å²) in [6, 6.07) is 20.5. The van der Waals surface area contributed by atoms with E-state index < -0.39 is 4.92 Å². The van der Waals surface area contributed by atoms with E-state index in [1.54, 1.807) is 30.3 Å². The largest absolute Gasteiger partial charge is 0.488 e. The molecule has 0 saturated carbocycles. The van der Waals surface area contributed by atoms with Crippen molar-refractivity contribution in [1.29, 1.82) is 5.26 Å². The Balaban J connectivity index is 1.53. The zero-order valence-electron chi connectivity index (χ0n) is 16.7. The van der Waals surface area contributed by atoms with Gasteiger partial charge in [-0.25, -0.2) is 5.43 Å². The standard InChI is InChI=1S/C23H17BrN4O4/c24-21-11-17(7-10-22(21)32-15-19-4-2-1-3-18(19)13-25)14-26-27-23(29)12-16-5-8-20(9-6-16)28(30)31/h1-11,14H,12,15H2,(H,27,29)/b26-14-. The Morgan fingerprint density at radius 1 is 1.19 bits per heavy atom. The highest BCUT2D eigenvalue weighted by atomic mass is 79.9. The van der Waals surface area contributed by atoms with Crippen molar-refractivity contribution < 1.29 is 14.5 Å². The highest BCUT2D eigenvalue weighted by molar-refractivity contribution is 9.10. The minimum atomic E-state index is -0.492. The lowest BCUT2D eigenvalue weighted by Gasteiger charge is -2.10. The maximum absolute atomic E-state index is 12.0. The molecule has 9 heteroatoms. The number of halogens is 1. The first-order valence-corrected chi connectivity index (χ1v) is 10.2. The maximum Gasteiger partial charge on any atom is 0.269 e. The molecule has 0 heterocycles. The number of hydrogen-bond acceptors (Lipinski definition) is 6. The third-order valence-electron chi connectivity index (χ3n) is 4.39. The lowest BCUT2D eigenvalue weighted by molar-refractivity contribution is -0.384. The van der Waals surface area contributed by atoms with Gasteiger partial charge in [0.1, 0.15) is 12.4 Å². The molecule has 160 valence electrons. The van der Waals surface area contributed by atoms with Gasteiger partial charge in [0.25, 0.3) is 5.69 Å². The van der Waals surface area contributed by atoms with Crippen LogP contribution in [-0.2, 0) is 17.8 Å². The van der Waals surface area contributed by atoms with Crippen LogP contribution in [-0.4, -0.2) is 17.0 Å². The molecule has 0 radical (unpaired) electrons. The summed E-state index contributed by atoms with van der Waals surface area (Å²) in [7, 11) is 0. The number of nitro groups is 1. The molecule has 0 aliphatic rings. The van der Waals surface area contributed by atoms with Crippen molar-refractivity contribution in [3.8, 4) is 11.8 Å². The van der Waals surface area contributed by atoms with E-state index in [4.69, 9.17) is 10.00 Å². The van der Waals surface area contributed by atoms with Crippen LogP contribution in [0.1, 0.15) is 22.3 Å². The Kier molecular flexibility index (Phi) is 7.67. The number of amides is 1. The van der Waals surface area contributed by atoms with Crippen LogP contribution >= 0.6 is 15.9 Å². The van der Waals surface area contributed by atoms with Crippen molar-refractivity contribution in [2.24, 2.45) is 5.10 Å². The molecule has 0 unspecified atom stereocenters. The van der Waals surface area contributed by atoms with E-state index in [0.29, 0.717) is 21.3 Å². The predicted octanol–water partition coefficient (Wildman–Crippen LogP) is 4.50. The molecule has 8 nitrogen and oxygen atoms in total. The predicted molar refractivity (Wildman–Crippen MR) is 122 cm³/mol. The van der Waals surface area contributed by atoms with Gasteiger partial charge in [-0.1, -0.05) is 30.3 Å². The Hall–Kier alpha value is -4.03. The fraction of sp³-hybridized carbons (Fsp3) is 0.0870. The first kappa shape index (κ1) is 22.7. The monoisotopic (exact) mass is 492 g/mol. The molecule has 0 aliphatic carbocycles. The van der Waals surface area contributed by atoms with Gasteiger partial charge >= 0.3 is 0 Å². The Morgan fingerprint density at radius 2 is 1.94 bits per heavy atom. The van der Waals surface area contributed by atoms with E-state index in [-0.39, 0.29) is 24.6 Å². The number of nitriles is 1. The number of rotatable bonds is 8. The van der Waals surface area contributed by atoms with Crippen LogP contribution in [0.4, 0.5) is 5.69 Å². The molecule has 0 aliphatic heterocycles. The van der Waals surface area contributed by atoms with Crippen LogP contribution in [0.2, 0.25) is 0 Å². The number of hydrogen-bond donors (Lipinski definition) is 1. The van der Waals surface area contributed by atoms with Crippen molar-refractivity contribution in [2.75, 3.05) is 0 Å². The van der Waals surface area contributed by atoms with Gasteiger partial charge in [0, 0.05) is 17.7 Å². The molecule has 0 fully saturated rings. The van der Waals surface area contributed by atoms with Crippen molar-refractivity contribution in [3.05, 3.63) is 104 Å². The number of nitro benzene ring substituents is 1. The number of ether oxygens (including phenoxy) is 1. The summed E-state index contributed by atoms with van der Waals surface area (Å²) in [5, 5.41) is 23.8. The zero-order chi connectivity index (χ0) is 22.9. The third-order valence-corrected chi connectivity index (χ3v) is 5.01. The zero-order valence-corrected chi connectivity index (χ0v) is 18.3. The highest BCUT2D eigenvalue weighted by Crippen LogP contribution is 2.26. The highest BCUT2D eigenvalue weighted by Gasteiger charge is 2.08. The van der Waals surface area contributed by atoms with Gasteiger partial charge in [-0.05, 0) is 51.3 Å². The van der Waals surface area contributed by atoms with Gasteiger partial charge in [0.05, 0.1) is 33.7 Å². The smallest absolute Gasteiger partial charge is 0.269 e. The quantitative estimate of drug-likeness (QED) is 0.282. The molecule has 1 N–H and O–H groups in total. The minimum Gasteiger partial charge on any atom is -0.488 e. The normalized spacial score (nSPS) is 10.5. The molecule has 0 spiro atoms. The van der Waals surface area contributed by atoms with Crippen LogP contribution in [0.5, 0.6) is 5.75 Å². The number of carbonyl (C=O) groups is 1. The van der Waals surface area contributed by atoms with E-state index in [1.807, 2.05) is 12.1 Å². The van der Waals surface area contributed by atoms with E-state index >= 15 is 0 Å². The first-order valence-electron chi connectivity index (χ1n) is 9.42. The van der Waals surface area contributed by atoms with E-state index in [1.165, 1.54) is 30.5 Å². The van der Waals surface area contributed by atoms with Crippen LogP contribution in [0.15, 0.2) is 76.3 Å². The summed E-state index contributed by atoms with van der Waals surface area (Å²) in [5.74, 6) is 0.266. The number of carbonyl (C=O) groups excluding carboxylic acids is 1. The first-order chi connectivity index (χ1) is 15.5. The second kappa shape index (κ2) is 10.8. The molecule has 3 aromatic rings. The summed E-state index contributed by atoms with van der Waals surface area (Å²) in [6.07, 6.45) is 1.54. The molecular formula is C23H17BrN4O4. The van der Waals surface area contributed by atoms with Crippen LogP contribution in [0.3, 0.4) is 0 Å². The molecule has 0 saturated heterocycles. The average Bonchev–Trinajstić information content (AvgIpc) is 2.79. The summed E-state index contributed by atoms with van der Waals surface area (Å²) in [5.41, 5.74) is 5.14. The van der Waals surface area contributed by atoms with Gasteiger partial charge in [0.2, 0.25) is 5.91 Å². The fourth-order valence-electron chi connectivity index (χ4n) is 2.76. The topological polar surface area (TPSA) is 118 Å². The second-order valence-electron chi connectivity index (χ2n) is 6.64. The van der Waals surface area contributed by atoms with Crippen LogP contribution < -0.4 is 10.2 Å². The van der Waals surface area contributed by atoms with Crippen LogP contribution in [0, 0.1) is 21.4 Å². The number of benzene rings is 3. The Labute approximate surface area is 192 Å². The Bertz CT molecular complexity index is 1200. The van der Waals surface area contributed by atoms with E-state index in [9.17, 15) is 14.9 Å². The summed E-state index contributed by atoms with van der Waals surface area (Å²) in [6.45, 7) is 0.258. The van der Waals surface area contributed by atoms with Crippen molar-refractivity contribution >= 4 is 33.7 Å². The number of nitrogens with one attached hydrogen (secondary N) is 1.